The SMILES string of the molecule is CC[C@@H](NC(=O)c1ccc(-n2ccnc2)c([N+](=O)[O-])c1)c1ncn[nH]1. The number of nitrogens with zero attached hydrogens (tertiary/aromatic N) is 5. The molecule has 2 aromatic heterocycles. The first-order valence-corrected chi connectivity index (χ1v) is 7.53. The number of rotatable bonds is 6. The maximum atomic E-state index is 12.5. The van der Waals surface area contributed by atoms with Gasteiger partial charge in [-0.15, -0.1) is 0 Å². The minimum atomic E-state index is -0.528. The van der Waals surface area contributed by atoms with E-state index in [9.17, 15) is 14.9 Å². The molecule has 0 saturated heterocycles. The van der Waals surface area contributed by atoms with Crippen molar-refractivity contribution in [1.29, 1.82) is 0 Å². The van der Waals surface area contributed by atoms with Crippen LogP contribution in [0.5, 0.6) is 0 Å². The second-order valence-corrected chi connectivity index (χ2v) is 5.24. The van der Waals surface area contributed by atoms with Crippen LogP contribution in [0.3, 0.4) is 0 Å². The van der Waals surface area contributed by atoms with Crippen LogP contribution in [0.15, 0.2) is 43.2 Å². The summed E-state index contributed by atoms with van der Waals surface area (Å²) in [6.07, 6.45) is 6.52. The number of nitrogens with one attached hydrogen (secondary N) is 2. The van der Waals surface area contributed by atoms with E-state index in [0.717, 1.165) is 0 Å². The van der Waals surface area contributed by atoms with E-state index < -0.39 is 10.8 Å². The van der Waals surface area contributed by atoms with Crippen molar-refractivity contribution in [2.75, 3.05) is 0 Å². The summed E-state index contributed by atoms with van der Waals surface area (Å²) in [5.41, 5.74) is 0.341. The molecule has 1 atom stereocenters. The number of nitro groups is 1. The second-order valence-electron chi connectivity index (χ2n) is 5.24. The lowest BCUT2D eigenvalue weighted by Crippen LogP contribution is -2.29. The molecule has 0 aliphatic rings. The molecule has 0 saturated carbocycles. The summed E-state index contributed by atoms with van der Waals surface area (Å²) in [5.74, 6) is 0.101. The predicted octanol–water partition coefficient (Wildman–Crippen LogP) is 1.78. The zero-order chi connectivity index (χ0) is 17.8. The van der Waals surface area contributed by atoms with Gasteiger partial charge in [-0.3, -0.25) is 20.0 Å². The lowest BCUT2D eigenvalue weighted by Gasteiger charge is -2.14. The van der Waals surface area contributed by atoms with Crippen LogP contribution >= 0.6 is 0 Å². The zero-order valence-electron chi connectivity index (χ0n) is 13.3. The molecule has 0 radical (unpaired) electrons. The van der Waals surface area contributed by atoms with E-state index in [-0.39, 0.29) is 17.3 Å². The van der Waals surface area contributed by atoms with Gasteiger partial charge in [-0.1, -0.05) is 6.92 Å². The molecule has 2 N–H and O–H groups in total. The van der Waals surface area contributed by atoms with Crippen LogP contribution in [0.1, 0.15) is 35.6 Å². The Morgan fingerprint density at radius 3 is 2.92 bits per heavy atom. The Morgan fingerprint density at radius 1 is 1.48 bits per heavy atom. The van der Waals surface area contributed by atoms with Crippen LogP contribution in [0.2, 0.25) is 0 Å². The van der Waals surface area contributed by atoms with Crippen molar-refractivity contribution >= 4 is 11.6 Å². The maximum absolute atomic E-state index is 12.5. The molecule has 0 spiro atoms. The quantitative estimate of drug-likeness (QED) is 0.519. The predicted molar refractivity (Wildman–Crippen MR) is 87.1 cm³/mol. The van der Waals surface area contributed by atoms with Crippen molar-refractivity contribution < 1.29 is 9.72 Å². The van der Waals surface area contributed by atoms with Gasteiger partial charge in [-0.25, -0.2) is 9.97 Å². The standard InChI is InChI=1S/C15H15N7O3/c1-2-11(14-17-8-18-20-14)19-15(23)10-3-4-12(13(7-10)22(24)25)21-6-5-16-9-21/h3-9,11H,2H2,1H3,(H,19,23)(H,17,18,20)/t11-/m1/s1. The average molecular weight is 341 g/mol. The third kappa shape index (κ3) is 3.37. The van der Waals surface area contributed by atoms with Crippen LogP contribution in [-0.2, 0) is 0 Å². The number of nitro benzene ring substituents is 1. The molecule has 0 fully saturated rings. The minimum Gasteiger partial charge on any atom is -0.342 e. The van der Waals surface area contributed by atoms with Gasteiger partial charge in [-0.2, -0.15) is 5.10 Å². The van der Waals surface area contributed by atoms with Crippen LogP contribution < -0.4 is 5.32 Å². The third-order valence-electron chi connectivity index (χ3n) is 3.69. The average Bonchev–Trinajstić information content (AvgIpc) is 3.32. The highest BCUT2D eigenvalue weighted by molar-refractivity contribution is 5.95. The first kappa shape index (κ1) is 16.3. The summed E-state index contributed by atoms with van der Waals surface area (Å²) >= 11 is 0. The number of amides is 1. The van der Waals surface area contributed by atoms with Gasteiger partial charge in [0.2, 0.25) is 0 Å². The summed E-state index contributed by atoms with van der Waals surface area (Å²) in [5, 5.41) is 20.6. The van der Waals surface area contributed by atoms with Crippen LogP contribution in [0.4, 0.5) is 5.69 Å². The topological polar surface area (TPSA) is 132 Å². The highest BCUT2D eigenvalue weighted by Crippen LogP contribution is 2.24. The molecular weight excluding hydrogens is 326 g/mol. The van der Waals surface area contributed by atoms with Gasteiger partial charge in [0, 0.05) is 24.0 Å². The van der Waals surface area contributed by atoms with Gasteiger partial charge in [0.05, 0.1) is 17.3 Å². The zero-order valence-corrected chi connectivity index (χ0v) is 13.3. The van der Waals surface area contributed by atoms with Gasteiger partial charge in [-0.05, 0) is 18.6 Å². The van der Waals surface area contributed by atoms with Crippen molar-refractivity contribution in [2.24, 2.45) is 0 Å². The first-order valence-electron chi connectivity index (χ1n) is 7.53. The summed E-state index contributed by atoms with van der Waals surface area (Å²) in [6, 6.07) is 3.94. The Bertz CT molecular complexity index is 875. The molecular formula is C15H15N7O3. The molecule has 0 aliphatic carbocycles. The number of carbonyl (C=O) groups excluding carboxylic acids is 1. The third-order valence-corrected chi connectivity index (χ3v) is 3.69. The van der Waals surface area contributed by atoms with Crippen molar-refractivity contribution in [3.8, 4) is 5.69 Å². The van der Waals surface area contributed by atoms with Crippen molar-refractivity contribution in [3.63, 3.8) is 0 Å². The molecule has 25 heavy (non-hydrogen) atoms. The smallest absolute Gasteiger partial charge is 0.294 e. The molecule has 1 aromatic carbocycles. The van der Waals surface area contributed by atoms with E-state index in [0.29, 0.717) is 17.9 Å². The Labute approximate surface area is 142 Å². The second kappa shape index (κ2) is 6.91. The summed E-state index contributed by atoms with van der Waals surface area (Å²) < 4.78 is 1.52. The van der Waals surface area contributed by atoms with Gasteiger partial charge < -0.3 is 9.88 Å². The molecule has 0 aliphatic heterocycles. The normalized spacial score (nSPS) is 11.9. The number of imidazole rings is 1. The van der Waals surface area contributed by atoms with Crippen molar-refractivity contribution in [2.45, 2.75) is 19.4 Å². The van der Waals surface area contributed by atoms with E-state index in [1.54, 1.807) is 6.20 Å². The molecule has 128 valence electrons. The van der Waals surface area contributed by atoms with E-state index in [2.05, 4.69) is 25.5 Å². The van der Waals surface area contributed by atoms with Gasteiger partial charge in [0.25, 0.3) is 11.6 Å². The summed E-state index contributed by atoms with van der Waals surface area (Å²) in [6.45, 7) is 1.89. The highest BCUT2D eigenvalue weighted by Gasteiger charge is 2.21. The monoisotopic (exact) mass is 341 g/mol. The number of hydrogen-bond donors (Lipinski definition) is 2. The van der Waals surface area contributed by atoms with E-state index in [4.69, 9.17) is 0 Å². The number of H-pyrrole nitrogens is 1. The van der Waals surface area contributed by atoms with Gasteiger partial charge in [0.15, 0.2) is 0 Å². The maximum Gasteiger partial charge on any atom is 0.294 e. The van der Waals surface area contributed by atoms with Crippen LogP contribution in [0, 0.1) is 10.1 Å². The highest BCUT2D eigenvalue weighted by atomic mass is 16.6. The molecule has 3 rings (SSSR count). The molecule has 0 bridgehead atoms. The summed E-state index contributed by atoms with van der Waals surface area (Å²) in [7, 11) is 0. The van der Waals surface area contributed by atoms with Crippen LogP contribution in [-0.4, -0.2) is 35.6 Å². The number of aromatic amines is 1. The molecule has 0 unspecified atom stereocenters. The van der Waals surface area contributed by atoms with Gasteiger partial charge in [0.1, 0.15) is 17.8 Å². The fraction of sp³-hybridized carbons (Fsp3) is 0.200. The van der Waals surface area contributed by atoms with E-state index in [1.165, 1.54) is 41.6 Å². The van der Waals surface area contributed by atoms with Crippen LogP contribution in [0.25, 0.3) is 5.69 Å². The molecule has 1 amide bonds. The lowest BCUT2D eigenvalue weighted by atomic mass is 10.1. The van der Waals surface area contributed by atoms with Crippen molar-refractivity contribution in [1.82, 2.24) is 30.0 Å². The Morgan fingerprint density at radius 2 is 2.32 bits per heavy atom. The van der Waals surface area contributed by atoms with Crippen molar-refractivity contribution in [3.05, 3.63) is 64.7 Å². The number of carbonyl (C=O) groups is 1. The fourth-order valence-electron chi connectivity index (χ4n) is 2.42. The summed E-state index contributed by atoms with van der Waals surface area (Å²) in [4.78, 5) is 31.2. The van der Waals surface area contributed by atoms with E-state index in [1.807, 2.05) is 6.92 Å². The molecule has 3 aromatic rings. The van der Waals surface area contributed by atoms with E-state index >= 15 is 0 Å². The molecule has 2 heterocycles. The minimum absolute atomic E-state index is 0.182. The number of hydrogen-bond acceptors (Lipinski definition) is 6. The Hall–Kier alpha value is -3.56. The number of aromatic nitrogens is 5. The first-order chi connectivity index (χ1) is 12.1. The lowest BCUT2D eigenvalue weighted by molar-refractivity contribution is -0.384. The Kier molecular flexibility index (Phi) is 4.50. The number of benzene rings is 1. The van der Waals surface area contributed by atoms with Gasteiger partial charge >= 0.3 is 0 Å². The largest absolute Gasteiger partial charge is 0.342 e. The molecule has 10 nitrogen and oxygen atoms in total. The Balaban J connectivity index is 1.88. The molecule has 10 heteroatoms. The fourth-order valence-corrected chi connectivity index (χ4v) is 2.42.